The molecule has 1 atom stereocenters. The van der Waals surface area contributed by atoms with Gasteiger partial charge in [0.05, 0.1) is 11.1 Å². The molecule has 0 aliphatic carbocycles. The fourth-order valence-electron chi connectivity index (χ4n) is 0.843. The van der Waals surface area contributed by atoms with Gasteiger partial charge in [-0.25, -0.2) is 0 Å². The first-order valence-electron chi connectivity index (χ1n) is 3.25. The Bertz CT molecular complexity index is 260. The van der Waals surface area contributed by atoms with Crippen LogP contribution in [-0.2, 0) is 0 Å². The van der Waals surface area contributed by atoms with Crippen LogP contribution in [0.3, 0.4) is 0 Å². The first-order chi connectivity index (χ1) is 5.13. The molecule has 1 rings (SSSR count). The number of benzene rings is 1. The van der Waals surface area contributed by atoms with Crippen molar-refractivity contribution in [1.29, 1.82) is 0 Å². The van der Waals surface area contributed by atoms with E-state index in [0.717, 1.165) is 10.0 Å². The second-order valence-electron chi connectivity index (χ2n) is 2.32. The first kappa shape index (κ1) is 9.04. The van der Waals surface area contributed by atoms with E-state index < -0.39 is 6.10 Å². The van der Waals surface area contributed by atoms with Gasteiger partial charge in [0.1, 0.15) is 0 Å². The molecule has 1 nitrogen and oxygen atoms in total. The minimum absolute atomic E-state index is 0.514. The third-order valence-electron chi connectivity index (χ3n) is 1.43. The highest BCUT2D eigenvalue weighted by atomic mass is 79.9. The van der Waals surface area contributed by atoms with Gasteiger partial charge >= 0.3 is 0 Å². The summed E-state index contributed by atoms with van der Waals surface area (Å²) in [4.78, 5) is 0. The van der Waals surface area contributed by atoms with Gasteiger partial charge in [-0.15, -0.1) is 0 Å². The number of hydrogen-bond acceptors (Lipinski definition) is 1. The van der Waals surface area contributed by atoms with Crippen LogP contribution < -0.4 is 0 Å². The van der Waals surface area contributed by atoms with E-state index in [0.29, 0.717) is 5.02 Å². The topological polar surface area (TPSA) is 20.2 Å². The van der Waals surface area contributed by atoms with E-state index in [9.17, 15) is 5.11 Å². The summed E-state index contributed by atoms with van der Waals surface area (Å²) in [6.45, 7) is 1.69. The van der Waals surface area contributed by atoms with Crippen molar-refractivity contribution in [3.8, 4) is 0 Å². The molecule has 0 fully saturated rings. The minimum atomic E-state index is -0.514. The monoisotopic (exact) mass is 234 g/mol. The Morgan fingerprint density at radius 1 is 1.55 bits per heavy atom. The van der Waals surface area contributed by atoms with Gasteiger partial charge < -0.3 is 5.11 Å². The fraction of sp³-hybridized carbons (Fsp3) is 0.250. The lowest BCUT2D eigenvalue weighted by Gasteiger charge is -2.07. The van der Waals surface area contributed by atoms with Crippen LogP contribution in [0.25, 0.3) is 0 Å². The normalized spacial score (nSPS) is 13.1. The molecule has 0 spiro atoms. The van der Waals surface area contributed by atoms with Gasteiger partial charge in [0.15, 0.2) is 0 Å². The van der Waals surface area contributed by atoms with Crippen molar-refractivity contribution in [2.75, 3.05) is 0 Å². The maximum Gasteiger partial charge on any atom is 0.0776 e. The lowest BCUT2D eigenvalue weighted by Crippen LogP contribution is -1.91. The summed E-state index contributed by atoms with van der Waals surface area (Å²) in [5, 5.41) is 9.81. The molecule has 0 saturated heterocycles. The third kappa shape index (κ3) is 1.95. The fourth-order valence-corrected chi connectivity index (χ4v) is 1.51. The number of aliphatic hydroxyl groups excluding tert-OH is 1. The zero-order valence-electron chi connectivity index (χ0n) is 6.01. The SMILES string of the molecule is CC(O)c1cccc(Br)c1Cl. The van der Waals surface area contributed by atoms with E-state index in [1.54, 1.807) is 13.0 Å². The van der Waals surface area contributed by atoms with Gasteiger partial charge in [0.25, 0.3) is 0 Å². The van der Waals surface area contributed by atoms with Crippen molar-refractivity contribution in [3.63, 3.8) is 0 Å². The van der Waals surface area contributed by atoms with Gasteiger partial charge in [-0.1, -0.05) is 23.7 Å². The lowest BCUT2D eigenvalue weighted by molar-refractivity contribution is 0.199. The highest BCUT2D eigenvalue weighted by molar-refractivity contribution is 9.10. The third-order valence-corrected chi connectivity index (χ3v) is 2.74. The Morgan fingerprint density at radius 3 is 2.64 bits per heavy atom. The van der Waals surface area contributed by atoms with E-state index >= 15 is 0 Å². The molecule has 1 aromatic rings. The zero-order chi connectivity index (χ0) is 8.43. The van der Waals surface area contributed by atoms with Crippen molar-refractivity contribution in [1.82, 2.24) is 0 Å². The van der Waals surface area contributed by atoms with Crippen molar-refractivity contribution in [2.24, 2.45) is 0 Å². The van der Waals surface area contributed by atoms with Gasteiger partial charge in [0, 0.05) is 4.47 Å². The van der Waals surface area contributed by atoms with Crippen LogP contribution in [0.2, 0.25) is 5.02 Å². The van der Waals surface area contributed by atoms with Crippen molar-refractivity contribution < 1.29 is 5.11 Å². The second-order valence-corrected chi connectivity index (χ2v) is 3.55. The molecule has 0 bridgehead atoms. The molecule has 3 heteroatoms. The number of aliphatic hydroxyl groups is 1. The van der Waals surface area contributed by atoms with Crippen molar-refractivity contribution >= 4 is 27.5 Å². The molecule has 0 heterocycles. The first-order valence-corrected chi connectivity index (χ1v) is 4.42. The molecule has 1 unspecified atom stereocenters. The molecule has 60 valence electrons. The largest absolute Gasteiger partial charge is 0.389 e. The maximum absolute atomic E-state index is 9.22. The van der Waals surface area contributed by atoms with Crippen LogP contribution in [0.1, 0.15) is 18.6 Å². The van der Waals surface area contributed by atoms with Crippen LogP contribution in [0.5, 0.6) is 0 Å². The number of rotatable bonds is 1. The smallest absolute Gasteiger partial charge is 0.0776 e. The van der Waals surface area contributed by atoms with E-state index in [1.807, 2.05) is 12.1 Å². The van der Waals surface area contributed by atoms with E-state index in [2.05, 4.69) is 15.9 Å². The average Bonchev–Trinajstić information content (AvgIpc) is 1.94. The molecule has 0 saturated carbocycles. The molecule has 11 heavy (non-hydrogen) atoms. The van der Waals surface area contributed by atoms with Crippen LogP contribution in [0, 0.1) is 0 Å². The summed E-state index contributed by atoms with van der Waals surface area (Å²) in [7, 11) is 0. The van der Waals surface area contributed by atoms with Crippen LogP contribution >= 0.6 is 27.5 Å². The van der Waals surface area contributed by atoms with E-state index in [1.165, 1.54) is 0 Å². The zero-order valence-corrected chi connectivity index (χ0v) is 8.35. The summed E-state index contributed by atoms with van der Waals surface area (Å²) in [5.41, 5.74) is 0.751. The Hall–Kier alpha value is -0.0500. The maximum atomic E-state index is 9.22. The highest BCUT2D eigenvalue weighted by Crippen LogP contribution is 2.29. The summed E-state index contributed by atoms with van der Waals surface area (Å²) in [5.74, 6) is 0. The Labute approximate surface area is 79.1 Å². The van der Waals surface area contributed by atoms with Gasteiger partial charge in [-0.05, 0) is 34.5 Å². The van der Waals surface area contributed by atoms with Crippen LogP contribution in [0.15, 0.2) is 22.7 Å². The van der Waals surface area contributed by atoms with Gasteiger partial charge in [0.2, 0.25) is 0 Å². The van der Waals surface area contributed by atoms with E-state index in [-0.39, 0.29) is 0 Å². The van der Waals surface area contributed by atoms with Crippen LogP contribution in [-0.4, -0.2) is 5.11 Å². The average molecular weight is 236 g/mol. The summed E-state index contributed by atoms with van der Waals surface area (Å²) < 4.78 is 0.817. The Morgan fingerprint density at radius 2 is 2.18 bits per heavy atom. The van der Waals surface area contributed by atoms with Gasteiger partial charge in [-0.3, -0.25) is 0 Å². The van der Waals surface area contributed by atoms with E-state index in [4.69, 9.17) is 11.6 Å². The lowest BCUT2D eigenvalue weighted by atomic mass is 10.1. The second kappa shape index (κ2) is 3.57. The molecule has 1 N–H and O–H groups in total. The quantitative estimate of drug-likeness (QED) is 0.793. The summed E-state index contributed by atoms with van der Waals surface area (Å²) >= 11 is 9.15. The predicted octanol–water partition coefficient (Wildman–Crippen LogP) is 3.16. The van der Waals surface area contributed by atoms with Crippen molar-refractivity contribution in [3.05, 3.63) is 33.3 Å². The molecule has 0 aliphatic heterocycles. The number of hydrogen-bond donors (Lipinski definition) is 1. The van der Waals surface area contributed by atoms with Crippen molar-refractivity contribution in [2.45, 2.75) is 13.0 Å². The minimum Gasteiger partial charge on any atom is -0.389 e. The molecular formula is C8H8BrClO. The standard InChI is InChI=1S/C8H8BrClO/c1-5(11)6-3-2-4-7(9)8(6)10/h2-5,11H,1H3. The molecule has 0 amide bonds. The molecule has 0 radical (unpaired) electrons. The molecule has 1 aromatic carbocycles. The molecule has 0 aliphatic rings. The Kier molecular flexibility index (Phi) is 2.93. The Balaban J connectivity index is 3.17. The predicted molar refractivity (Wildman–Crippen MR) is 49.8 cm³/mol. The van der Waals surface area contributed by atoms with Crippen LogP contribution in [0.4, 0.5) is 0 Å². The molecule has 0 aromatic heterocycles. The summed E-state index contributed by atoms with van der Waals surface area (Å²) in [6, 6.07) is 5.49. The highest BCUT2D eigenvalue weighted by Gasteiger charge is 2.07. The summed E-state index contributed by atoms with van der Waals surface area (Å²) in [6.07, 6.45) is -0.514. The molecular weight excluding hydrogens is 227 g/mol. The van der Waals surface area contributed by atoms with Gasteiger partial charge in [-0.2, -0.15) is 0 Å². The number of halogens is 2.